The van der Waals surface area contributed by atoms with Gasteiger partial charge in [-0.1, -0.05) is 19.4 Å². The Hall–Kier alpha value is -0.232. The fraction of sp³-hybridized carbons (Fsp3) is 0.300. The summed E-state index contributed by atoms with van der Waals surface area (Å²) in [6, 6.07) is 4.14. The molecule has 0 heterocycles. The van der Waals surface area contributed by atoms with E-state index in [1.54, 1.807) is 19.9 Å². The van der Waals surface area contributed by atoms with Gasteiger partial charge in [0.15, 0.2) is 0 Å². The van der Waals surface area contributed by atoms with Gasteiger partial charge in [0.05, 0.1) is 6.67 Å². The van der Waals surface area contributed by atoms with Crippen LogP contribution in [0, 0.1) is 33.2 Å². The standard InChI is InChI=1S/C9H9F2.CH3.W/c1-6-3-7(2)8(5-10)9(11)4-6;;/h3H,5H2,1-2H3;1H3;/q2*-1;+2. The molecule has 1 aromatic carbocycles. The maximum atomic E-state index is 12.8. The van der Waals surface area contributed by atoms with Crippen molar-refractivity contribution in [1.82, 2.24) is 0 Å². The predicted molar refractivity (Wildman–Crippen MR) is 45.9 cm³/mol. The van der Waals surface area contributed by atoms with Crippen LogP contribution < -0.4 is 0 Å². The van der Waals surface area contributed by atoms with Crippen LogP contribution in [-0.2, 0) is 27.7 Å². The summed E-state index contributed by atoms with van der Waals surface area (Å²) in [7, 11) is 0. The van der Waals surface area contributed by atoms with Gasteiger partial charge in [0.25, 0.3) is 0 Å². The Bertz CT molecular complexity index is 249. The largest absolute Gasteiger partial charge is 2.00 e. The number of hydrogen-bond acceptors (Lipinski definition) is 0. The maximum Gasteiger partial charge on any atom is 2.00 e. The molecule has 0 amide bonds. The Labute approximate surface area is 92.6 Å². The molecule has 0 fully saturated rings. The quantitative estimate of drug-likeness (QED) is 0.680. The Morgan fingerprint density at radius 2 is 1.92 bits per heavy atom. The SMILES string of the molecule is Cc1[c-]c(F)c(CF)c(C)c1.[CH3-].[W+2]. The van der Waals surface area contributed by atoms with Crippen LogP contribution in [0.5, 0.6) is 0 Å². The molecule has 0 atom stereocenters. The molecule has 0 aliphatic rings. The summed E-state index contributed by atoms with van der Waals surface area (Å²) in [6.45, 7) is 2.67. The Morgan fingerprint density at radius 1 is 1.38 bits per heavy atom. The van der Waals surface area contributed by atoms with Gasteiger partial charge in [-0.05, 0) is 0 Å². The molecule has 0 bridgehead atoms. The van der Waals surface area contributed by atoms with Gasteiger partial charge in [0.2, 0.25) is 0 Å². The third-order valence-electron chi connectivity index (χ3n) is 1.61. The second-order valence-electron chi connectivity index (χ2n) is 2.56. The van der Waals surface area contributed by atoms with Crippen molar-refractivity contribution in [2.45, 2.75) is 20.5 Å². The van der Waals surface area contributed by atoms with Gasteiger partial charge in [0, 0.05) is 5.82 Å². The fourth-order valence-electron chi connectivity index (χ4n) is 1.03. The molecule has 0 saturated heterocycles. The van der Waals surface area contributed by atoms with Crippen molar-refractivity contribution in [2.75, 3.05) is 0 Å². The van der Waals surface area contributed by atoms with E-state index in [0.29, 0.717) is 11.1 Å². The molecule has 13 heavy (non-hydrogen) atoms. The van der Waals surface area contributed by atoms with Gasteiger partial charge in [-0.15, -0.1) is 6.07 Å². The minimum atomic E-state index is -0.756. The normalized spacial score (nSPS) is 8.62. The molecule has 3 heteroatoms. The molecular formula is C10H12F2W. The van der Waals surface area contributed by atoms with E-state index < -0.39 is 12.5 Å². The molecule has 0 unspecified atom stereocenters. The van der Waals surface area contributed by atoms with Gasteiger partial charge in [0.1, 0.15) is 0 Å². The first-order valence-electron chi connectivity index (χ1n) is 3.39. The van der Waals surface area contributed by atoms with E-state index >= 15 is 0 Å². The van der Waals surface area contributed by atoms with Gasteiger partial charge in [-0.2, -0.15) is 17.2 Å². The van der Waals surface area contributed by atoms with Gasteiger partial charge >= 0.3 is 21.1 Å². The molecule has 0 aliphatic heterocycles. The summed E-state index contributed by atoms with van der Waals surface area (Å²) in [6.07, 6.45) is 0. The Balaban J connectivity index is 0. The molecule has 0 aliphatic carbocycles. The van der Waals surface area contributed by atoms with Crippen LogP contribution in [0.25, 0.3) is 0 Å². The van der Waals surface area contributed by atoms with Crippen LogP contribution in [0.2, 0.25) is 0 Å². The summed E-state index contributed by atoms with van der Waals surface area (Å²) in [5.74, 6) is -0.565. The average molecular weight is 354 g/mol. The molecule has 72 valence electrons. The number of aryl methyl sites for hydroxylation is 2. The average Bonchev–Trinajstić information content (AvgIpc) is 1.85. The zero-order valence-corrected chi connectivity index (χ0v) is 10.9. The van der Waals surface area contributed by atoms with Crippen molar-refractivity contribution in [3.8, 4) is 0 Å². The molecular weight excluding hydrogens is 342 g/mol. The summed E-state index contributed by atoms with van der Waals surface area (Å²) < 4.78 is 24.9. The van der Waals surface area contributed by atoms with E-state index in [9.17, 15) is 8.78 Å². The van der Waals surface area contributed by atoms with Crippen LogP contribution in [0.1, 0.15) is 16.7 Å². The van der Waals surface area contributed by atoms with Crippen LogP contribution in [0.3, 0.4) is 0 Å². The van der Waals surface area contributed by atoms with Gasteiger partial charge < -0.3 is 7.43 Å². The van der Waals surface area contributed by atoms with E-state index in [-0.39, 0.29) is 34.1 Å². The number of alkyl halides is 1. The van der Waals surface area contributed by atoms with E-state index in [1.807, 2.05) is 0 Å². The van der Waals surface area contributed by atoms with Gasteiger partial charge in [-0.3, -0.25) is 4.39 Å². The van der Waals surface area contributed by atoms with Crippen molar-refractivity contribution in [3.05, 3.63) is 42.1 Å². The molecule has 1 aromatic rings. The van der Waals surface area contributed by atoms with Crippen LogP contribution >= 0.6 is 0 Å². The molecule has 0 N–H and O–H groups in total. The monoisotopic (exact) mass is 354 g/mol. The van der Waals surface area contributed by atoms with Crippen molar-refractivity contribution in [3.63, 3.8) is 0 Å². The Morgan fingerprint density at radius 3 is 2.31 bits per heavy atom. The third kappa shape index (κ3) is 3.56. The second kappa shape index (κ2) is 6.26. The van der Waals surface area contributed by atoms with Crippen LogP contribution in [0.15, 0.2) is 6.07 Å². The summed E-state index contributed by atoms with van der Waals surface area (Å²) in [5.41, 5.74) is 1.48. The number of benzene rings is 1. The first-order valence-corrected chi connectivity index (χ1v) is 3.39. The molecule has 0 radical (unpaired) electrons. The van der Waals surface area contributed by atoms with Gasteiger partial charge in [-0.25, -0.2) is 4.39 Å². The van der Waals surface area contributed by atoms with Crippen molar-refractivity contribution in [1.29, 1.82) is 0 Å². The number of hydrogen-bond donors (Lipinski definition) is 0. The number of halogens is 2. The third-order valence-corrected chi connectivity index (χ3v) is 1.61. The van der Waals surface area contributed by atoms with Crippen LogP contribution in [0.4, 0.5) is 8.78 Å². The van der Waals surface area contributed by atoms with Crippen molar-refractivity contribution >= 4 is 0 Å². The second-order valence-corrected chi connectivity index (χ2v) is 2.56. The zero-order chi connectivity index (χ0) is 8.43. The van der Waals surface area contributed by atoms with E-state index in [4.69, 9.17) is 0 Å². The fourth-order valence-corrected chi connectivity index (χ4v) is 1.03. The van der Waals surface area contributed by atoms with Crippen LogP contribution in [-0.4, -0.2) is 0 Å². The molecule has 1 rings (SSSR count). The number of rotatable bonds is 1. The van der Waals surface area contributed by atoms with E-state index in [0.717, 1.165) is 0 Å². The zero-order valence-electron chi connectivity index (χ0n) is 7.95. The minimum absolute atomic E-state index is 0. The van der Waals surface area contributed by atoms with E-state index in [1.165, 1.54) is 0 Å². The maximum absolute atomic E-state index is 12.8. The summed E-state index contributed by atoms with van der Waals surface area (Å²) in [5, 5.41) is 0. The smallest absolute Gasteiger partial charge is 0.358 e. The molecule has 0 aromatic heterocycles. The first kappa shape index (κ1) is 15.2. The summed E-state index contributed by atoms with van der Waals surface area (Å²) >= 11 is 0. The Kier molecular flexibility index (Phi) is 7.34. The molecule has 0 saturated carbocycles. The van der Waals surface area contributed by atoms with Crippen molar-refractivity contribution < 1.29 is 29.8 Å². The van der Waals surface area contributed by atoms with E-state index in [2.05, 4.69) is 6.07 Å². The predicted octanol–water partition coefficient (Wildman–Crippen LogP) is 3.16. The van der Waals surface area contributed by atoms with Crippen molar-refractivity contribution in [2.24, 2.45) is 0 Å². The molecule has 0 spiro atoms. The topological polar surface area (TPSA) is 0 Å². The first-order chi connectivity index (χ1) is 5.15. The molecule has 0 nitrogen and oxygen atoms in total. The summed E-state index contributed by atoms with van der Waals surface area (Å²) in [4.78, 5) is 0. The minimum Gasteiger partial charge on any atom is -0.358 e.